The van der Waals surface area contributed by atoms with Gasteiger partial charge in [0.15, 0.2) is 0 Å². The van der Waals surface area contributed by atoms with Gasteiger partial charge >= 0.3 is 0 Å². The Morgan fingerprint density at radius 1 is 1.12 bits per heavy atom. The molecule has 0 bridgehead atoms. The van der Waals surface area contributed by atoms with Crippen LogP contribution in [0.1, 0.15) is 32.3 Å². The molecule has 2 amide bonds. The molecule has 1 unspecified atom stereocenters. The molecular weight excluding hydrogens is 565 g/mol. The number of amides is 2. The summed E-state index contributed by atoms with van der Waals surface area (Å²) in [6, 6.07) is 10.7. The Balaban J connectivity index is 2.41. The van der Waals surface area contributed by atoms with Crippen molar-refractivity contribution in [3.05, 3.63) is 62.5 Å². The molecule has 11 heteroatoms. The lowest BCUT2D eigenvalue weighted by Gasteiger charge is -2.32. The van der Waals surface area contributed by atoms with Crippen molar-refractivity contribution in [2.24, 2.45) is 0 Å². The average Bonchev–Trinajstić information content (AvgIpc) is 2.76. The standard InChI is InChI=1S/C23H28BrCl2N3O4S/c1-4-5-12-27-23(31)16(2)28(14-19-20(25)10-7-11-21(19)26)22(30)15-29(34(3,32)33)18-9-6-8-17(24)13-18/h6-11,13,16H,4-5,12,14-15H2,1-3H3,(H,27,31). The smallest absolute Gasteiger partial charge is 0.244 e. The fourth-order valence-electron chi connectivity index (χ4n) is 3.22. The van der Waals surface area contributed by atoms with Crippen LogP contribution in [-0.4, -0.2) is 50.5 Å². The predicted molar refractivity (Wildman–Crippen MR) is 141 cm³/mol. The molecule has 2 aromatic rings. The van der Waals surface area contributed by atoms with Crippen LogP contribution in [0, 0.1) is 0 Å². The summed E-state index contributed by atoms with van der Waals surface area (Å²) in [6.45, 7) is 3.52. The van der Waals surface area contributed by atoms with Crippen LogP contribution in [0.5, 0.6) is 0 Å². The van der Waals surface area contributed by atoms with Crippen molar-refractivity contribution in [3.8, 4) is 0 Å². The second-order valence-corrected chi connectivity index (χ2v) is 11.4. The van der Waals surface area contributed by atoms with Gasteiger partial charge in [0.25, 0.3) is 0 Å². The Morgan fingerprint density at radius 2 is 1.74 bits per heavy atom. The number of carbonyl (C=O) groups is 2. The van der Waals surface area contributed by atoms with E-state index in [4.69, 9.17) is 23.2 Å². The van der Waals surface area contributed by atoms with Gasteiger partial charge in [-0.25, -0.2) is 8.42 Å². The van der Waals surface area contributed by atoms with E-state index in [0.29, 0.717) is 32.3 Å². The summed E-state index contributed by atoms with van der Waals surface area (Å²) in [7, 11) is -3.80. The minimum absolute atomic E-state index is 0.0597. The first-order valence-electron chi connectivity index (χ1n) is 10.7. The zero-order valence-corrected chi connectivity index (χ0v) is 23.1. The third-order valence-electron chi connectivity index (χ3n) is 5.16. The molecule has 0 saturated heterocycles. The number of hydrogen-bond donors (Lipinski definition) is 1. The molecule has 0 aliphatic heterocycles. The van der Waals surface area contributed by atoms with Crippen LogP contribution in [0.15, 0.2) is 46.9 Å². The van der Waals surface area contributed by atoms with E-state index >= 15 is 0 Å². The van der Waals surface area contributed by atoms with E-state index in [-0.39, 0.29) is 12.5 Å². The van der Waals surface area contributed by atoms with Crippen molar-refractivity contribution >= 4 is 66.7 Å². The van der Waals surface area contributed by atoms with E-state index in [9.17, 15) is 18.0 Å². The van der Waals surface area contributed by atoms with Crippen LogP contribution in [0.25, 0.3) is 0 Å². The maximum absolute atomic E-state index is 13.5. The highest BCUT2D eigenvalue weighted by Crippen LogP contribution is 2.27. The van der Waals surface area contributed by atoms with Gasteiger partial charge in [0, 0.05) is 33.2 Å². The van der Waals surface area contributed by atoms with Crippen molar-refractivity contribution < 1.29 is 18.0 Å². The Morgan fingerprint density at radius 3 is 2.29 bits per heavy atom. The van der Waals surface area contributed by atoms with Gasteiger partial charge in [0.1, 0.15) is 12.6 Å². The Kier molecular flexibility index (Phi) is 10.7. The van der Waals surface area contributed by atoms with Crippen LogP contribution in [0.4, 0.5) is 5.69 Å². The van der Waals surface area contributed by atoms with Crippen molar-refractivity contribution in [2.75, 3.05) is 23.7 Å². The first-order valence-corrected chi connectivity index (χ1v) is 14.1. The molecule has 2 aromatic carbocycles. The second-order valence-electron chi connectivity index (χ2n) is 7.79. The molecule has 0 saturated carbocycles. The number of benzene rings is 2. The highest BCUT2D eigenvalue weighted by molar-refractivity contribution is 9.10. The topological polar surface area (TPSA) is 86.8 Å². The van der Waals surface area contributed by atoms with Crippen molar-refractivity contribution in [1.82, 2.24) is 10.2 Å². The minimum atomic E-state index is -3.80. The highest BCUT2D eigenvalue weighted by atomic mass is 79.9. The molecule has 1 N–H and O–H groups in total. The lowest BCUT2D eigenvalue weighted by Crippen LogP contribution is -2.51. The third-order valence-corrected chi connectivity index (χ3v) is 7.50. The fraction of sp³-hybridized carbons (Fsp3) is 0.391. The Bertz CT molecular complexity index is 1110. The number of nitrogens with zero attached hydrogens (tertiary/aromatic N) is 2. The maximum atomic E-state index is 13.5. The number of sulfonamides is 1. The zero-order valence-electron chi connectivity index (χ0n) is 19.2. The van der Waals surface area contributed by atoms with Gasteiger partial charge in [-0.1, -0.05) is 64.6 Å². The van der Waals surface area contributed by atoms with E-state index in [0.717, 1.165) is 23.4 Å². The minimum Gasteiger partial charge on any atom is -0.354 e. The number of nitrogens with one attached hydrogen (secondary N) is 1. The normalized spacial score (nSPS) is 12.2. The lowest BCUT2D eigenvalue weighted by atomic mass is 10.1. The van der Waals surface area contributed by atoms with Gasteiger partial charge in [-0.15, -0.1) is 0 Å². The van der Waals surface area contributed by atoms with Crippen LogP contribution < -0.4 is 9.62 Å². The molecule has 0 aliphatic carbocycles. The van der Waals surface area contributed by atoms with Crippen LogP contribution >= 0.6 is 39.1 Å². The summed E-state index contributed by atoms with van der Waals surface area (Å²) in [5.41, 5.74) is 0.793. The molecule has 1 atom stereocenters. The molecule has 0 spiro atoms. The summed E-state index contributed by atoms with van der Waals surface area (Å²) in [5.74, 6) is -0.919. The predicted octanol–water partition coefficient (Wildman–Crippen LogP) is 4.86. The highest BCUT2D eigenvalue weighted by Gasteiger charge is 2.30. The summed E-state index contributed by atoms with van der Waals surface area (Å²) >= 11 is 16.0. The number of carbonyl (C=O) groups excluding carboxylic acids is 2. The van der Waals surface area contributed by atoms with E-state index < -0.39 is 28.5 Å². The quantitative estimate of drug-likeness (QED) is 0.378. The largest absolute Gasteiger partial charge is 0.354 e. The fourth-order valence-corrected chi connectivity index (χ4v) is 4.96. The molecule has 0 fully saturated rings. The number of anilines is 1. The number of rotatable bonds is 11. The summed E-state index contributed by atoms with van der Waals surface area (Å²) in [6.07, 6.45) is 2.73. The summed E-state index contributed by atoms with van der Waals surface area (Å²) < 4.78 is 26.8. The average molecular weight is 593 g/mol. The maximum Gasteiger partial charge on any atom is 0.244 e. The molecule has 0 aromatic heterocycles. The molecular formula is C23H28BrCl2N3O4S. The van der Waals surface area contributed by atoms with Gasteiger partial charge < -0.3 is 10.2 Å². The molecule has 34 heavy (non-hydrogen) atoms. The van der Waals surface area contributed by atoms with Crippen molar-refractivity contribution in [2.45, 2.75) is 39.3 Å². The zero-order chi connectivity index (χ0) is 25.5. The van der Waals surface area contributed by atoms with Crippen LogP contribution in [0.3, 0.4) is 0 Å². The molecule has 0 aliphatic rings. The van der Waals surface area contributed by atoms with Gasteiger partial charge in [0.2, 0.25) is 21.8 Å². The molecule has 0 heterocycles. The van der Waals surface area contributed by atoms with Gasteiger partial charge in [-0.3, -0.25) is 13.9 Å². The first kappa shape index (κ1) is 28.4. The monoisotopic (exact) mass is 591 g/mol. The van der Waals surface area contributed by atoms with E-state index in [1.165, 1.54) is 4.90 Å². The number of halogens is 3. The van der Waals surface area contributed by atoms with Gasteiger partial charge in [-0.2, -0.15) is 0 Å². The Hall–Kier alpha value is -1.81. The first-order chi connectivity index (χ1) is 16.0. The van der Waals surface area contributed by atoms with Crippen molar-refractivity contribution in [3.63, 3.8) is 0 Å². The lowest BCUT2D eigenvalue weighted by molar-refractivity contribution is -0.139. The van der Waals surface area contributed by atoms with Gasteiger partial charge in [-0.05, 0) is 43.7 Å². The second kappa shape index (κ2) is 12.8. The molecule has 7 nitrogen and oxygen atoms in total. The van der Waals surface area contributed by atoms with Crippen molar-refractivity contribution in [1.29, 1.82) is 0 Å². The molecule has 186 valence electrons. The van der Waals surface area contributed by atoms with E-state index in [2.05, 4.69) is 21.2 Å². The number of unbranched alkanes of at least 4 members (excludes halogenated alkanes) is 1. The summed E-state index contributed by atoms with van der Waals surface area (Å²) in [4.78, 5) is 27.6. The third kappa shape index (κ3) is 7.86. The molecule has 0 radical (unpaired) electrons. The van der Waals surface area contributed by atoms with Gasteiger partial charge in [0.05, 0.1) is 11.9 Å². The van der Waals surface area contributed by atoms with E-state index in [1.54, 1.807) is 49.4 Å². The Labute approximate surface area is 219 Å². The summed E-state index contributed by atoms with van der Waals surface area (Å²) in [5, 5.41) is 3.51. The molecule has 2 rings (SSSR count). The number of hydrogen-bond acceptors (Lipinski definition) is 4. The van der Waals surface area contributed by atoms with Crippen LogP contribution in [0.2, 0.25) is 10.0 Å². The van der Waals surface area contributed by atoms with Crippen LogP contribution in [-0.2, 0) is 26.2 Å². The van der Waals surface area contributed by atoms with E-state index in [1.807, 2.05) is 6.92 Å². The SMILES string of the molecule is CCCCNC(=O)C(C)N(Cc1c(Cl)cccc1Cl)C(=O)CN(c1cccc(Br)c1)S(C)(=O)=O.